The molecule has 1 aromatic rings. The fraction of sp³-hybridized carbons (Fsp3) is 0.545. The number of piperidine rings is 1. The van der Waals surface area contributed by atoms with Crippen molar-refractivity contribution >= 4 is 5.82 Å². The Morgan fingerprint density at radius 2 is 2.14 bits per heavy atom. The van der Waals surface area contributed by atoms with Gasteiger partial charge in [-0.15, -0.1) is 0 Å². The molecule has 1 aliphatic rings. The zero-order chi connectivity index (χ0) is 9.80. The van der Waals surface area contributed by atoms with E-state index in [-0.39, 0.29) is 0 Å². The van der Waals surface area contributed by atoms with E-state index in [9.17, 15) is 0 Å². The first-order valence-electron chi connectivity index (χ1n) is 5.27. The smallest absolute Gasteiger partial charge is 0.123 e. The van der Waals surface area contributed by atoms with Gasteiger partial charge in [-0.05, 0) is 50.4 Å². The van der Waals surface area contributed by atoms with E-state index in [1.165, 1.54) is 12.8 Å². The zero-order valence-corrected chi connectivity index (χ0v) is 8.37. The lowest BCUT2D eigenvalue weighted by atomic mass is 9.93. The van der Waals surface area contributed by atoms with E-state index < -0.39 is 0 Å². The van der Waals surface area contributed by atoms with E-state index in [4.69, 9.17) is 5.73 Å². The number of aromatic nitrogens is 1. The second kappa shape index (κ2) is 4.42. The SMILES string of the molecule is Nc1cccc(CC2CCNCC2)n1. The molecule has 0 aliphatic carbocycles. The van der Waals surface area contributed by atoms with Gasteiger partial charge in [0.2, 0.25) is 0 Å². The Kier molecular flexibility index (Phi) is 2.99. The van der Waals surface area contributed by atoms with Crippen molar-refractivity contribution in [1.82, 2.24) is 10.3 Å². The molecular formula is C11H17N3. The van der Waals surface area contributed by atoms with Crippen LogP contribution in [0.1, 0.15) is 18.5 Å². The van der Waals surface area contributed by atoms with Crippen LogP contribution in [-0.4, -0.2) is 18.1 Å². The van der Waals surface area contributed by atoms with Gasteiger partial charge in [-0.2, -0.15) is 0 Å². The average Bonchev–Trinajstić information content (AvgIpc) is 2.19. The predicted octanol–water partition coefficient (Wildman–Crippen LogP) is 1.21. The standard InChI is InChI=1S/C11H17N3/c12-11-3-1-2-10(14-11)8-9-4-6-13-7-5-9/h1-3,9,13H,4-8H2,(H2,12,14). The van der Waals surface area contributed by atoms with Crippen LogP contribution in [0, 0.1) is 5.92 Å². The van der Waals surface area contributed by atoms with Crippen molar-refractivity contribution in [2.45, 2.75) is 19.3 Å². The highest BCUT2D eigenvalue weighted by Gasteiger charge is 2.13. The van der Waals surface area contributed by atoms with Crippen molar-refractivity contribution < 1.29 is 0 Å². The van der Waals surface area contributed by atoms with Gasteiger partial charge in [0.05, 0.1) is 0 Å². The molecule has 1 aromatic heterocycles. The minimum atomic E-state index is 0.636. The van der Waals surface area contributed by atoms with E-state index in [1.807, 2.05) is 12.1 Å². The lowest BCUT2D eigenvalue weighted by molar-refractivity contribution is 0.370. The molecule has 1 aliphatic heterocycles. The van der Waals surface area contributed by atoms with Crippen LogP contribution in [0.15, 0.2) is 18.2 Å². The van der Waals surface area contributed by atoms with Gasteiger partial charge in [-0.3, -0.25) is 0 Å². The molecule has 1 fully saturated rings. The summed E-state index contributed by atoms with van der Waals surface area (Å²) in [6.07, 6.45) is 3.60. The molecule has 1 saturated heterocycles. The maximum absolute atomic E-state index is 5.64. The lowest BCUT2D eigenvalue weighted by Gasteiger charge is -2.22. The Labute approximate surface area is 84.7 Å². The van der Waals surface area contributed by atoms with Crippen LogP contribution < -0.4 is 11.1 Å². The number of hydrogen-bond donors (Lipinski definition) is 2. The van der Waals surface area contributed by atoms with E-state index in [0.29, 0.717) is 5.82 Å². The van der Waals surface area contributed by atoms with Gasteiger partial charge in [-0.25, -0.2) is 4.98 Å². The number of nitrogens with two attached hydrogens (primary N) is 1. The normalized spacial score (nSPS) is 18.3. The Morgan fingerprint density at radius 3 is 2.86 bits per heavy atom. The number of nitrogen functional groups attached to an aromatic ring is 1. The number of rotatable bonds is 2. The molecular weight excluding hydrogens is 174 g/mol. The van der Waals surface area contributed by atoms with Crippen LogP contribution in [-0.2, 0) is 6.42 Å². The van der Waals surface area contributed by atoms with Gasteiger partial charge in [0.1, 0.15) is 5.82 Å². The molecule has 2 heterocycles. The molecule has 76 valence electrons. The highest BCUT2D eigenvalue weighted by Crippen LogP contribution is 2.17. The molecule has 2 rings (SSSR count). The summed E-state index contributed by atoms with van der Waals surface area (Å²) in [5.74, 6) is 1.42. The second-order valence-corrected chi connectivity index (χ2v) is 3.95. The monoisotopic (exact) mass is 191 g/mol. The van der Waals surface area contributed by atoms with Crippen molar-refractivity contribution in [3.63, 3.8) is 0 Å². The van der Waals surface area contributed by atoms with Gasteiger partial charge in [0.25, 0.3) is 0 Å². The van der Waals surface area contributed by atoms with Crippen LogP contribution in [0.4, 0.5) is 5.82 Å². The summed E-state index contributed by atoms with van der Waals surface area (Å²) in [7, 11) is 0. The maximum Gasteiger partial charge on any atom is 0.123 e. The Bertz CT molecular complexity index is 292. The molecule has 0 bridgehead atoms. The molecule has 0 amide bonds. The largest absolute Gasteiger partial charge is 0.384 e. The van der Waals surface area contributed by atoms with Crippen LogP contribution in [0.2, 0.25) is 0 Å². The number of anilines is 1. The highest BCUT2D eigenvalue weighted by atomic mass is 14.9. The molecule has 14 heavy (non-hydrogen) atoms. The first-order valence-corrected chi connectivity index (χ1v) is 5.27. The van der Waals surface area contributed by atoms with Gasteiger partial charge >= 0.3 is 0 Å². The average molecular weight is 191 g/mol. The highest BCUT2D eigenvalue weighted by molar-refractivity contribution is 5.28. The third-order valence-corrected chi connectivity index (χ3v) is 2.78. The number of nitrogens with zero attached hydrogens (tertiary/aromatic N) is 1. The first-order chi connectivity index (χ1) is 6.84. The third kappa shape index (κ3) is 2.45. The second-order valence-electron chi connectivity index (χ2n) is 3.95. The number of pyridine rings is 1. The maximum atomic E-state index is 5.64. The molecule has 0 aromatic carbocycles. The third-order valence-electron chi connectivity index (χ3n) is 2.78. The van der Waals surface area contributed by atoms with Crippen LogP contribution in [0.5, 0.6) is 0 Å². The molecule has 0 radical (unpaired) electrons. The molecule has 0 saturated carbocycles. The predicted molar refractivity (Wildman–Crippen MR) is 57.9 cm³/mol. The van der Waals surface area contributed by atoms with E-state index in [2.05, 4.69) is 16.4 Å². The van der Waals surface area contributed by atoms with Crippen LogP contribution in [0.25, 0.3) is 0 Å². The van der Waals surface area contributed by atoms with Crippen molar-refractivity contribution in [2.75, 3.05) is 18.8 Å². The summed E-state index contributed by atoms with van der Waals surface area (Å²) in [6.45, 7) is 2.29. The molecule has 0 spiro atoms. The minimum absolute atomic E-state index is 0.636. The van der Waals surface area contributed by atoms with E-state index in [1.54, 1.807) is 0 Å². The van der Waals surface area contributed by atoms with Crippen molar-refractivity contribution in [3.8, 4) is 0 Å². The zero-order valence-electron chi connectivity index (χ0n) is 8.37. The summed E-state index contributed by atoms with van der Waals surface area (Å²) in [6, 6.07) is 5.89. The topological polar surface area (TPSA) is 50.9 Å². The van der Waals surface area contributed by atoms with Gasteiger partial charge in [0.15, 0.2) is 0 Å². The molecule has 0 atom stereocenters. The minimum Gasteiger partial charge on any atom is -0.384 e. The Morgan fingerprint density at radius 1 is 1.36 bits per heavy atom. The Balaban J connectivity index is 1.95. The Hall–Kier alpha value is -1.09. The molecule has 3 N–H and O–H groups in total. The summed E-state index contributed by atoms with van der Waals surface area (Å²) >= 11 is 0. The molecule has 3 heteroatoms. The van der Waals surface area contributed by atoms with Crippen molar-refractivity contribution in [2.24, 2.45) is 5.92 Å². The first kappa shape index (κ1) is 9.46. The summed E-state index contributed by atoms with van der Waals surface area (Å²) in [5, 5.41) is 3.37. The van der Waals surface area contributed by atoms with E-state index >= 15 is 0 Å². The van der Waals surface area contributed by atoms with Crippen molar-refractivity contribution in [3.05, 3.63) is 23.9 Å². The quantitative estimate of drug-likeness (QED) is 0.738. The van der Waals surface area contributed by atoms with Gasteiger partial charge < -0.3 is 11.1 Å². The van der Waals surface area contributed by atoms with Crippen LogP contribution >= 0.6 is 0 Å². The fourth-order valence-corrected chi connectivity index (χ4v) is 1.99. The lowest BCUT2D eigenvalue weighted by Crippen LogP contribution is -2.28. The van der Waals surface area contributed by atoms with Crippen molar-refractivity contribution in [1.29, 1.82) is 0 Å². The fourth-order valence-electron chi connectivity index (χ4n) is 1.99. The summed E-state index contributed by atoms with van der Waals surface area (Å²) in [4.78, 5) is 4.32. The number of hydrogen-bond acceptors (Lipinski definition) is 3. The summed E-state index contributed by atoms with van der Waals surface area (Å²) in [5.41, 5.74) is 6.78. The van der Waals surface area contributed by atoms with Crippen LogP contribution in [0.3, 0.4) is 0 Å². The number of nitrogens with one attached hydrogen (secondary N) is 1. The van der Waals surface area contributed by atoms with Gasteiger partial charge in [-0.1, -0.05) is 6.07 Å². The molecule has 3 nitrogen and oxygen atoms in total. The van der Waals surface area contributed by atoms with E-state index in [0.717, 1.165) is 31.1 Å². The molecule has 0 unspecified atom stereocenters. The summed E-state index contributed by atoms with van der Waals surface area (Å²) < 4.78 is 0. The van der Waals surface area contributed by atoms with Gasteiger partial charge in [0, 0.05) is 5.69 Å².